The minimum absolute atomic E-state index is 0.0549. The predicted octanol–water partition coefficient (Wildman–Crippen LogP) is 4.79. The molecule has 8 heteroatoms. The van der Waals surface area contributed by atoms with Gasteiger partial charge in [-0.2, -0.15) is 0 Å². The average Bonchev–Trinajstić information content (AvgIpc) is 3.58. The lowest BCUT2D eigenvalue weighted by Crippen LogP contribution is -2.14. The standard InChI is InChI=1S/C24H26N4O3S/c1-15-4-6-18(12-16(15)2)25-22(29)14-32-24-27-26-23(28(24)19-7-8-19)17-5-9-20-21(13-17)31-11-3-10-30-20/h4-6,9,12-13,19H,3,7-8,10-11,14H2,1-2H3,(H,25,29). The average molecular weight is 451 g/mol. The first-order valence-corrected chi connectivity index (χ1v) is 11.9. The summed E-state index contributed by atoms with van der Waals surface area (Å²) in [5.74, 6) is 2.54. The highest BCUT2D eigenvalue weighted by Crippen LogP contribution is 2.42. The van der Waals surface area contributed by atoms with Gasteiger partial charge in [0.25, 0.3) is 0 Å². The van der Waals surface area contributed by atoms with E-state index in [2.05, 4.69) is 27.0 Å². The van der Waals surface area contributed by atoms with Crippen molar-refractivity contribution in [2.45, 2.75) is 44.3 Å². The highest BCUT2D eigenvalue weighted by atomic mass is 32.2. The van der Waals surface area contributed by atoms with E-state index in [1.807, 2.05) is 43.3 Å². The summed E-state index contributed by atoms with van der Waals surface area (Å²) in [6.45, 7) is 5.40. The number of ether oxygens (including phenoxy) is 2. The van der Waals surface area contributed by atoms with Crippen molar-refractivity contribution < 1.29 is 14.3 Å². The first-order chi connectivity index (χ1) is 15.6. The molecule has 2 aliphatic rings. The maximum absolute atomic E-state index is 12.5. The zero-order valence-corrected chi connectivity index (χ0v) is 19.1. The topological polar surface area (TPSA) is 78.3 Å². The molecule has 5 rings (SSSR count). The molecule has 0 saturated heterocycles. The van der Waals surface area contributed by atoms with Gasteiger partial charge < -0.3 is 14.8 Å². The third-order valence-corrected chi connectivity index (χ3v) is 6.65. The van der Waals surface area contributed by atoms with Crippen LogP contribution in [0.1, 0.15) is 36.4 Å². The summed E-state index contributed by atoms with van der Waals surface area (Å²) in [7, 11) is 0. The molecule has 32 heavy (non-hydrogen) atoms. The number of anilines is 1. The number of carbonyl (C=O) groups excluding carboxylic acids is 1. The van der Waals surface area contributed by atoms with E-state index in [4.69, 9.17) is 9.47 Å². The van der Waals surface area contributed by atoms with E-state index >= 15 is 0 Å². The van der Waals surface area contributed by atoms with Gasteiger partial charge in [0.05, 0.1) is 19.0 Å². The molecule has 0 radical (unpaired) electrons. The van der Waals surface area contributed by atoms with E-state index in [1.54, 1.807) is 0 Å². The van der Waals surface area contributed by atoms with Gasteiger partial charge in [0.2, 0.25) is 5.91 Å². The second kappa shape index (κ2) is 8.86. The largest absolute Gasteiger partial charge is 0.490 e. The predicted molar refractivity (Wildman–Crippen MR) is 125 cm³/mol. The molecule has 166 valence electrons. The van der Waals surface area contributed by atoms with Gasteiger partial charge >= 0.3 is 0 Å². The Kier molecular flexibility index (Phi) is 5.78. The Bertz CT molecular complexity index is 1160. The molecule has 3 aromatic rings. The summed E-state index contributed by atoms with van der Waals surface area (Å²) >= 11 is 1.42. The summed E-state index contributed by atoms with van der Waals surface area (Å²) in [4.78, 5) is 12.5. The van der Waals surface area contributed by atoms with Gasteiger partial charge in [0.1, 0.15) is 0 Å². The summed E-state index contributed by atoms with van der Waals surface area (Å²) in [5.41, 5.74) is 4.12. The third kappa shape index (κ3) is 4.46. The summed E-state index contributed by atoms with van der Waals surface area (Å²) < 4.78 is 13.7. The van der Waals surface area contributed by atoms with Crippen LogP contribution in [0.15, 0.2) is 41.6 Å². The van der Waals surface area contributed by atoms with Crippen LogP contribution in [0.25, 0.3) is 11.4 Å². The number of thioether (sulfide) groups is 1. The van der Waals surface area contributed by atoms with E-state index < -0.39 is 0 Å². The van der Waals surface area contributed by atoms with Crippen molar-refractivity contribution in [2.75, 3.05) is 24.3 Å². The van der Waals surface area contributed by atoms with Crippen LogP contribution in [0, 0.1) is 13.8 Å². The first-order valence-electron chi connectivity index (χ1n) is 10.9. The second-order valence-corrected chi connectivity index (χ2v) is 9.20. The normalized spacial score (nSPS) is 15.3. The molecule has 0 unspecified atom stereocenters. The molecule has 0 atom stereocenters. The van der Waals surface area contributed by atoms with Gasteiger partial charge in [-0.1, -0.05) is 17.8 Å². The molecule has 1 saturated carbocycles. The van der Waals surface area contributed by atoms with Crippen LogP contribution in [-0.4, -0.2) is 39.6 Å². The monoisotopic (exact) mass is 450 g/mol. The number of hydrogen-bond donors (Lipinski definition) is 1. The molecular formula is C24H26N4O3S. The first kappa shape index (κ1) is 20.9. The van der Waals surface area contributed by atoms with Crippen molar-refractivity contribution in [3.8, 4) is 22.9 Å². The van der Waals surface area contributed by atoms with Crippen LogP contribution in [0.2, 0.25) is 0 Å². The Morgan fingerprint density at radius 3 is 2.66 bits per heavy atom. The van der Waals surface area contributed by atoms with E-state index in [1.165, 1.54) is 17.3 Å². The third-order valence-electron chi connectivity index (χ3n) is 5.71. The molecule has 1 aliphatic carbocycles. The highest BCUT2D eigenvalue weighted by Gasteiger charge is 2.30. The van der Waals surface area contributed by atoms with E-state index in [-0.39, 0.29) is 11.7 Å². The smallest absolute Gasteiger partial charge is 0.234 e. The molecule has 0 spiro atoms. The number of nitrogens with one attached hydrogen (secondary N) is 1. The fraction of sp³-hybridized carbons (Fsp3) is 0.375. The number of aromatic nitrogens is 3. The van der Waals surface area contributed by atoms with E-state index in [9.17, 15) is 4.79 Å². The van der Waals surface area contributed by atoms with Gasteiger partial charge in [-0.15, -0.1) is 10.2 Å². The fourth-order valence-corrected chi connectivity index (χ4v) is 4.49. The zero-order chi connectivity index (χ0) is 22.1. The van der Waals surface area contributed by atoms with Gasteiger partial charge in [0.15, 0.2) is 22.5 Å². The van der Waals surface area contributed by atoms with Crippen molar-refractivity contribution in [2.24, 2.45) is 0 Å². The number of benzene rings is 2. The fourth-order valence-electron chi connectivity index (χ4n) is 3.68. The number of amides is 1. The summed E-state index contributed by atoms with van der Waals surface area (Å²) in [6.07, 6.45) is 3.06. The molecule has 2 aromatic carbocycles. The lowest BCUT2D eigenvalue weighted by molar-refractivity contribution is -0.113. The Hall–Kier alpha value is -3.00. The van der Waals surface area contributed by atoms with Crippen molar-refractivity contribution in [3.63, 3.8) is 0 Å². The van der Waals surface area contributed by atoms with Crippen LogP contribution in [0.5, 0.6) is 11.5 Å². The Balaban J connectivity index is 1.32. The highest BCUT2D eigenvalue weighted by molar-refractivity contribution is 7.99. The van der Waals surface area contributed by atoms with Gasteiger partial charge in [-0.3, -0.25) is 9.36 Å². The number of rotatable bonds is 6. The second-order valence-electron chi connectivity index (χ2n) is 8.26. The van der Waals surface area contributed by atoms with Crippen LogP contribution < -0.4 is 14.8 Å². The number of nitrogens with zero attached hydrogens (tertiary/aromatic N) is 3. The van der Waals surface area contributed by atoms with Crippen LogP contribution in [-0.2, 0) is 4.79 Å². The Morgan fingerprint density at radius 2 is 1.88 bits per heavy atom. The molecule has 7 nitrogen and oxygen atoms in total. The van der Waals surface area contributed by atoms with Crippen molar-refractivity contribution in [1.29, 1.82) is 0 Å². The SMILES string of the molecule is Cc1ccc(NC(=O)CSc2nnc(-c3ccc4c(c3)OCCCO4)n2C2CC2)cc1C. The number of hydrogen-bond acceptors (Lipinski definition) is 6. The van der Waals surface area contributed by atoms with E-state index in [0.29, 0.717) is 19.3 Å². The van der Waals surface area contributed by atoms with Gasteiger partial charge in [-0.25, -0.2) is 0 Å². The summed E-state index contributed by atoms with van der Waals surface area (Å²) in [6, 6.07) is 12.2. The number of fused-ring (bicyclic) bond motifs is 1. The minimum Gasteiger partial charge on any atom is -0.490 e. The molecule has 1 amide bonds. The summed E-state index contributed by atoms with van der Waals surface area (Å²) in [5, 5.41) is 12.6. The lowest BCUT2D eigenvalue weighted by Gasteiger charge is -2.12. The molecule has 2 heterocycles. The Labute approximate surface area is 191 Å². The van der Waals surface area contributed by atoms with Gasteiger partial charge in [-0.05, 0) is 68.1 Å². The van der Waals surface area contributed by atoms with Crippen LogP contribution >= 0.6 is 11.8 Å². The Morgan fingerprint density at radius 1 is 1.06 bits per heavy atom. The van der Waals surface area contributed by atoms with Crippen molar-refractivity contribution in [3.05, 3.63) is 47.5 Å². The molecule has 1 aliphatic heterocycles. The molecule has 1 fully saturated rings. The maximum atomic E-state index is 12.5. The minimum atomic E-state index is -0.0549. The number of carbonyl (C=O) groups is 1. The van der Waals surface area contributed by atoms with Crippen LogP contribution in [0.4, 0.5) is 5.69 Å². The van der Waals surface area contributed by atoms with Gasteiger partial charge in [0, 0.05) is 23.7 Å². The molecule has 1 N–H and O–H groups in total. The maximum Gasteiger partial charge on any atom is 0.234 e. The van der Waals surface area contributed by atoms with E-state index in [0.717, 1.165) is 58.6 Å². The molecule has 1 aromatic heterocycles. The van der Waals surface area contributed by atoms with Crippen molar-refractivity contribution in [1.82, 2.24) is 14.8 Å². The zero-order valence-electron chi connectivity index (χ0n) is 18.3. The quantitative estimate of drug-likeness (QED) is 0.544. The van der Waals surface area contributed by atoms with Crippen molar-refractivity contribution >= 4 is 23.4 Å². The molecular weight excluding hydrogens is 424 g/mol. The van der Waals surface area contributed by atoms with Crippen LogP contribution in [0.3, 0.4) is 0 Å². The number of aryl methyl sites for hydroxylation is 2. The molecule has 0 bridgehead atoms. The lowest BCUT2D eigenvalue weighted by atomic mass is 10.1.